The number of carbonyl (C=O) groups is 2. The standard InChI is InChI=1S/C16H17N3O2/c1-2-11-5-3-4-6-14(11)19-15(20)12-7-9-13(10-8-12)18-16(17)21/h3-10H,2H2,1H3,(H,19,20)(H3,17,18,21). The third-order valence-corrected chi connectivity index (χ3v) is 3.06. The minimum absolute atomic E-state index is 0.193. The van der Waals surface area contributed by atoms with Crippen molar-refractivity contribution in [2.24, 2.45) is 5.73 Å². The summed E-state index contributed by atoms with van der Waals surface area (Å²) in [6, 6.07) is 13.6. The van der Waals surface area contributed by atoms with Gasteiger partial charge in [0, 0.05) is 16.9 Å². The van der Waals surface area contributed by atoms with E-state index in [4.69, 9.17) is 5.73 Å². The van der Waals surface area contributed by atoms with Gasteiger partial charge in [-0.25, -0.2) is 4.79 Å². The van der Waals surface area contributed by atoms with Gasteiger partial charge in [-0.15, -0.1) is 0 Å². The molecule has 0 atom stereocenters. The molecule has 0 unspecified atom stereocenters. The zero-order chi connectivity index (χ0) is 15.2. The first-order valence-corrected chi connectivity index (χ1v) is 6.66. The number of urea groups is 1. The van der Waals surface area contributed by atoms with Gasteiger partial charge in [0.25, 0.3) is 5.91 Å². The summed E-state index contributed by atoms with van der Waals surface area (Å²) in [6.07, 6.45) is 0.845. The summed E-state index contributed by atoms with van der Waals surface area (Å²) in [4.78, 5) is 22.9. The smallest absolute Gasteiger partial charge is 0.316 e. The zero-order valence-electron chi connectivity index (χ0n) is 11.7. The predicted octanol–water partition coefficient (Wildman–Crippen LogP) is 2.99. The Morgan fingerprint density at radius 1 is 1.00 bits per heavy atom. The van der Waals surface area contributed by atoms with Gasteiger partial charge in [-0.1, -0.05) is 25.1 Å². The van der Waals surface area contributed by atoms with Gasteiger partial charge in [0.05, 0.1) is 0 Å². The molecule has 0 saturated heterocycles. The number of anilines is 2. The highest BCUT2D eigenvalue weighted by atomic mass is 16.2. The van der Waals surface area contributed by atoms with Crippen LogP contribution < -0.4 is 16.4 Å². The van der Waals surface area contributed by atoms with Crippen LogP contribution in [0.5, 0.6) is 0 Å². The monoisotopic (exact) mass is 283 g/mol. The molecule has 5 nitrogen and oxygen atoms in total. The number of nitrogens with one attached hydrogen (secondary N) is 2. The van der Waals surface area contributed by atoms with Gasteiger partial charge in [0.15, 0.2) is 0 Å². The van der Waals surface area contributed by atoms with Crippen molar-refractivity contribution in [3.63, 3.8) is 0 Å². The molecule has 2 rings (SSSR count). The highest BCUT2D eigenvalue weighted by Gasteiger charge is 2.08. The molecule has 0 radical (unpaired) electrons. The lowest BCUT2D eigenvalue weighted by Crippen LogP contribution is -2.19. The summed E-state index contributed by atoms with van der Waals surface area (Å²) in [5.74, 6) is -0.193. The van der Waals surface area contributed by atoms with E-state index >= 15 is 0 Å². The van der Waals surface area contributed by atoms with E-state index < -0.39 is 6.03 Å². The Labute approximate surface area is 123 Å². The molecule has 4 N–H and O–H groups in total. The first-order valence-electron chi connectivity index (χ1n) is 6.66. The molecule has 2 aromatic rings. The van der Waals surface area contributed by atoms with Crippen LogP contribution in [-0.4, -0.2) is 11.9 Å². The van der Waals surface area contributed by atoms with E-state index in [1.807, 2.05) is 31.2 Å². The molecule has 5 heteroatoms. The van der Waals surface area contributed by atoms with Crippen LogP contribution in [0.25, 0.3) is 0 Å². The van der Waals surface area contributed by atoms with E-state index in [-0.39, 0.29) is 5.91 Å². The SMILES string of the molecule is CCc1ccccc1NC(=O)c1ccc(NC(N)=O)cc1. The van der Waals surface area contributed by atoms with Crippen LogP contribution in [-0.2, 0) is 6.42 Å². The highest BCUT2D eigenvalue weighted by Crippen LogP contribution is 2.17. The number of hydrogen-bond donors (Lipinski definition) is 3. The number of benzene rings is 2. The van der Waals surface area contributed by atoms with Crippen LogP contribution in [0.2, 0.25) is 0 Å². The number of para-hydroxylation sites is 1. The van der Waals surface area contributed by atoms with E-state index in [0.717, 1.165) is 17.7 Å². The molecular weight excluding hydrogens is 266 g/mol. The lowest BCUT2D eigenvalue weighted by Gasteiger charge is -2.10. The Morgan fingerprint density at radius 3 is 2.29 bits per heavy atom. The van der Waals surface area contributed by atoms with Crippen molar-refractivity contribution in [1.29, 1.82) is 0 Å². The summed E-state index contributed by atoms with van der Waals surface area (Å²) in [7, 11) is 0. The molecule has 108 valence electrons. The van der Waals surface area contributed by atoms with Crippen molar-refractivity contribution in [3.8, 4) is 0 Å². The van der Waals surface area contributed by atoms with Crippen LogP contribution in [0.3, 0.4) is 0 Å². The molecular formula is C16H17N3O2. The predicted molar refractivity (Wildman–Crippen MR) is 83.4 cm³/mol. The fourth-order valence-corrected chi connectivity index (χ4v) is 1.99. The number of amides is 3. The van der Waals surface area contributed by atoms with Crippen molar-refractivity contribution in [3.05, 3.63) is 59.7 Å². The first kappa shape index (κ1) is 14.6. The minimum Gasteiger partial charge on any atom is -0.351 e. The van der Waals surface area contributed by atoms with E-state index in [1.54, 1.807) is 24.3 Å². The highest BCUT2D eigenvalue weighted by molar-refractivity contribution is 6.05. The number of carbonyl (C=O) groups excluding carboxylic acids is 2. The Kier molecular flexibility index (Phi) is 4.56. The molecule has 0 aliphatic carbocycles. The molecule has 0 fully saturated rings. The molecule has 0 bridgehead atoms. The summed E-state index contributed by atoms with van der Waals surface area (Å²) in [5.41, 5.74) is 7.98. The van der Waals surface area contributed by atoms with E-state index in [2.05, 4.69) is 10.6 Å². The molecule has 0 heterocycles. The average Bonchev–Trinajstić information content (AvgIpc) is 2.48. The molecule has 3 amide bonds. The number of rotatable bonds is 4. The molecule has 0 aliphatic rings. The Morgan fingerprint density at radius 2 is 1.67 bits per heavy atom. The van der Waals surface area contributed by atoms with Crippen molar-refractivity contribution < 1.29 is 9.59 Å². The van der Waals surface area contributed by atoms with E-state index in [9.17, 15) is 9.59 Å². The Balaban J connectivity index is 2.11. The lowest BCUT2D eigenvalue weighted by molar-refractivity contribution is 0.102. The molecule has 0 spiro atoms. The van der Waals surface area contributed by atoms with Gasteiger partial charge in [-0.05, 0) is 42.3 Å². The topological polar surface area (TPSA) is 84.2 Å². The maximum absolute atomic E-state index is 12.2. The number of hydrogen-bond acceptors (Lipinski definition) is 2. The summed E-state index contributed by atoms with van der Waals surface area (Å²) in [5, 5.41) is 5.33. The first-order chi connectivity index (χ1) is 10.1. The van der Waals surface area contributed by atoms with Crippen LogP contribution >= 0.6 is 0 Å². The molecule has 2 aromatic carbocycles. The molecule has 21 heavy (non-hydrogen) atoms. The molecule has 0 aromatic heterocycles. The maximum atomic E-state index is 12.2. The average molecular weight is 283 g/mol. The van der Waals surface area contributed by atoms with Gasteiger partial charge >= 0.3 is 6.03 Å². The van der Waals surface area contributed by atoms with Gasteiger partial charge in [0.1, 0.15) is 0 Å². The number of primary amides is 1. The summed E-state index contributed by atoms with van der Waals surface area (Å²) >= 11 is 0. The number of nitrogens with two attached hydrogens (primary N) is 1. The van der Waals surface area contributed by atoms with Crippen molar-refractivity contribution in [2.45, 2.75) is 13.3 Å². The lowest BCUT2D eigenvalue weighted by atomic mass is 10.1. The van der Waals surface area contributed by atoms with Crippen LogP contribution in [0.1, 0.15) is 22.8 Å². The van der Waals surface area contributed by atoms with Crippen LogP contribution in [0.15, 0.2) is 48.5 Å². The minimum atomic E-state index is -0.635. The fraction of sp³-hybridized carbons (Fsp3) is 0.125. The van der Waals surface area contributed by atoms with Gasteiger partial charge < -0.3 is 16.4 Å². The van der Waals surface area contributed by atoms with Gasteiger partial charge in [-0.2, -0.15) is 0 Å². The maximum Gasteiger partial charge on any atom is 0.316 e. The zero-order valence-corrected chi connectivity index (χ0v) is 11.7. The molecule has 0 saturated carbocycles. The normalized spacial score (nSPS) is 9.95. The third kappa shape index (κ3) is 3.82. The van der Waals surface area contributed by atoms with Crippen molar-refractivity contribution in [2.75, 3.05) is 10.6 Å². The van der Waals surface area contributed by atoms with Crippen LogP contribution in [0, 0.1) is 0 Å². The van der Waals surface area contributed by atoms with Gasteiger partial charge in [-0.3, -0.25) is 4.79 Å². The fourth-order valence-electron chi connectivity index (χ4n) is 1.99. The van der Waals surface area contributed by atoms with Gasteiger partial charge in [0.2, 0.25) is 0 Å². The van der Waals surface area contributed by atoms with Crippen molar-refractivity contribution >= 4 is 23.3 Å². The summed E-state index contributed by atoms with van der Waals surface area (Å²) in [6.45, 7) is 2.04. The number of aryl methyl sites for hydroxylation is 1. The van der Waals surface area contributed by atoms with Crippen LogP contribution in [0.4, 0.5) is 16.2 Å². The summed E-state index contributed by atoms with van der Waals surface area (Å²) < 4.78 is 0. The second-order valence-electron chi connectivity index (χ2n) is 4.53. The van der Waals surface area contributed by atoms with E-state index in [1.165, 1.54) is 0 Å². The Bertz CT molecular complexity index is 651. The quantitative estimate of drug-likeness (QED) is 0.805. The second kappa shape index (κ2) is 6.56. The largest absolute Gasteiger partial charge is 0.351 e. The second-order valence-corrected chi connectivity index (χ2v) is 4.53. The Hall–Kier alpha value is -2.82. The molecule has 0 aliphatic heterocycles. The third-order valence-electron chi connectivity index (χ3n) is 3.06. The van der Waals surface area contributed by atoms with E-state index in [0.29, 0.717) is 11.3 Å². The van der Waals surface area contributed by atoms with Crippen molar-refractivity contribution in [1.82, 2.24) is 0 Å².